The van der Waals surface area contributed by atoms with Crippen LogP contribution in [-0.4, -0.2) is 73.4 Å². The molecular weight excluding hydrogens is 488 g/mol. The lowest BCUT2D eigenvalue weighted by Gasteiger charge is -2.34. The third-order valence-electron chi connectivity index (χ3n) is 6.72. The lowest BCUT2D eigenvalue weighted by atomic mass is 9.84. The molecule has 10 heteroatoms. The number of carboxylic acids is 1. The molecule has 0 aliphatic carbocycles. The van der Waals surface area contributed by atoms with Crippen LogP contribution in [0.25, 0.3) is 0 Å². The average molecular weight is 523 g/mol. The number of rotatable bonds is 8. The fourth-order valence-electron chi connectivity index (χ4n) is 4.84. The molecule has 202 valence electrons. The van der Waals surface area contributed by atoms with E-state index in [0.717, 1.165) is 11.1 Å². The Bertz CT molecular complexity index is 1310. The van der Waals surface area contributed by atoms with Crippen molar-refractivity contribution in [2.75, 3.05) is 44.8 Å². The van der Waals surface area contributed by atoms with Crippen molar-refractivity contribution in [3.63, 3.8) is 0 Å². The summed E-state index contributed by atoms with van der Waals surface area (Å²) in [6, 6.07) is 6.91. The third-order valence-corrected chi connectivity index (χ3v) is 6.72. The van der Waals surface area contributed by atoms with Gasteiger partial charge in [-0.15, -0.1) is 0 Å². The first-order valence-corrected chi connectivity index (χ1v) is 12.6. The van der Waals surface area contributed by atoms with Crippen molar-refractivity contribution in [1.82, 2.24) is 10.2 Å². The molecule has 2 aliphatic rings. The zero-order chi connectivity index (χ0) is 27.8. The zero-order valence-electron chi connectivity index (χ0n) is 22.4. The number of hydrogen-bond acceptors (Lipinski definition) is 7. The maximum Gasteiger partial charge on any atom is 0.323 e. The van der Waals surface area contributed by atoms with Crippen LogP contribution in [0.3, 0.4) is 0 Å². The van der Waals surface area contributed by atoms with Gasteiger partial charge in [0.2, 0.25) is 0 Å². The molecule has 38 heavy (non-hydrogen) atoms. The minimum Gasteiger partial charge on any atom is -0.493 e. The molecule has 0 unspecified atom stereocenters. The van der Waals surface area contributed by atoms with Crippen LogP contribution in [0.4, 0.5) is 5.69 Å². The van der Waals surface area contributed by atoms with E-state index >= 15 is 0 Å². The minimum atomic E-state index is -0.960. The van der Waals surface area contributed by atoms with Gasteiger partial charge in [-0.2, -0.15) is 0 Å². The Morgan fingerprint density at radius 3 is 2.50 bits per heavy atom. The number of ether oxygens (including phenoxy) is 2. The molecule has 2 aromatic carbocycles. The highest BCUT2D eigenvalue weighted by atomic mass is 16.5. The van der Waals surface area contributed by atoms with Crippen LogP contribution in [0.1, 0.15) is 65.1 Å². The maximum absolute atomic E-state index is 13.6. The first-order valence-electron chi connectivity index (χ1n) is 12.6. The first-order chi connectivity index (χ1) is 17.9. The molecule has 2 heterocycles. The molecule has 4 rings (SSSR count). The van der Waals surface area contributed by atoms with Crippen LogP contribution in [0.5, 0.6) is 11.5 Å². The van der Waals surface area contributed by atoms with Crippen molar-refractivity contribution < 1.29 is 29.0 Å². The number of carboxylic acid groups (broad SMARTS) is 1. The normalized spacial score (nSPS) is 14.5. The van der Waals surface area contributed by atoms with Gasteiger partial charge < -0.3 is 29.7 Å². The van der Waals surface area contributed by atoms with Crippen LogP contribution >= 0.6 is 0 Å². The number of ketones is 1. The standard InChI is InChI=1S/C28H34N4O6/c1-6-37-23-11-17-13-32(26(29)18(17)12-19(23)27(36)30-5)14-22(33)16-9-20(28(2,3)4)25-21(10-16)31(7-8-38-25)15-24(34)35/h9-12,29H,6-8,13-15H2,1-5H3,(H,30,36)(H,34,35). The lowest BCUT2D eigenvalue weighted by Crippen LogP contribution is -2.38. The van der Waals surface area contributed by atoms with Crippen LogP contribution in [0, 0.1) is 5.41 Å². The molecule has 0 fully saturated rings. The summed E-state index contributed by atoms with van der Waals surface area (Å²) in [5, 5.41) is 20.7. The predicted octanol–water partition coefficient (Wildman–Crippen LogP) is 3.05. The van der Waals surface area contributed by atoms with E-state index in [0.29, 0.717) is 60.2 Å². The van der Waals surface area contributed by atoms with Gasteiger partial charge in [-0.1, -0.05) is 20.8 Å². The molecule has 1 amide bonds. The van der Waals surface area contributed by atoms with E-state index in [-0.39, 0.29) is 36.0 Å². The highest BCUT2D eigenvalue weighted by molar-refractivity contribution is 6.08. The molecule has 0 saturated heterocycles. The van der Waals surface area contributed by atoms with E-state index in [9.17, 15) is 19.5 Å². The summed E-state index contributed by atoms with van der Waals surface area (Å²) in [4.78, 5) is 40.9. The number of aliphatic carboxylic acids is 1. The number of anilines is 1. The molecular formula is C28H34N4O6. The van der Waals surface area contributed by atoms with Gasteiger partial charge in [0.25, 0.3) is 5.91 Å². The molecule has 0 saturated carbocycles. The summed E-state index contributed by atoms with van der Waals surface area (Å²) >= 11 is 0. The van der Waals surface area contributed by atoms with Crippen molar-refractivity contribution in [3.8, 4) is 11.5 Å². The van der Waals surface area contributed by atoms with Crippen molar-refractivity contribution in [3.05, 3.63) is 52.1 Å². The molecule has 0 bridgehead atoms. The van der Waals surface area contributed by atoms with Crippen LogP contribution in [0.2, 0.25) is 0 Å². The Morgan fingerprint density at radius 1 is 1.13 bits per heavy atom. The number of carbonyl (C=O) groups is 3. The molecule has 2 aliphatic heterocycles. The van der Waals surface area contributed by atoms with E-state index in [1.807, 2.05) is 33.8 Å². The van der Waals surface area contributed by atoms with E-state index < -0.39 is 5.97 Å². The number of nitrogens with one attached hydrogen (secondary N) is 2. The summed E-state index contributed by atoms with van der Waals surface area (Å²) in [6.45, 7) is 9.13. The number of hydrogen-bond donors (Lipinski definition) is 3. The van der Waals surface area contributed by atoms with E-state index in [4.69, 9.17) is 14.9 Å². The molecule has 0 spiro atoms. The average Bonchev–Trinajstić information content (AvgIpc) is 3.15. The van der Waals surface area contributed by atoms with Crippen molar-refractivity contribution >= 4 is 29.2 Å². The summed E-state index contributed by atoms with van der Waals surface area (Å²) in [5.41, 5.74) is 3.22. The Morgan fingerprint density at radius 2 is 1.87 bits per heavy atom. The van der Waals surface area contributed by atoms with Crippen LogP contribution < -0.4 is 19.7 Å². The molecule has 0 radical (unpaired) electrons. The minimum absolute atomic E-state index is 0.0467. The lowest BCUT2D eigenvalue weighted by molar-refractivity contribution is -0.135. The Balaban J connectivity index is 1.66. The predicted molar refractivity (Wildman–Crippen MR) is 143 cm³/mol. The Labute approximate surface area is 222 Å². The second-order valence-corrected chi connectivity index (χ2v) is 10.4. The molecule has 0 aromatic heterocycles. The van der Waals surface area contributed by atoms with E-state index in [2.05, 4.69) is 5.32 Å². The van der Waals surface area contributed by atoms with E-state index in [1.54, 1.807) is 28.0 Å². The SMILES string of the molecule is CCOc1cc2c(cc1C(=O)NC)C(=N)N(CC(=O)c1cc3c(c(C(C)(C)C)c1)OCCN3CC(=O)O)C2. The molecule has 10 nitrogen and oxygen atoms in total. The number of nitrogens with zero attached hydrogens (tertiary/aromatic N) is 2. The highest BCUT2D eigenvalue weighted by Crippen LogP contribution is 2.42. The summed E-state index contributed by atoms with van der Waals surface area (Å²) in [5.74, 6) is -0.268. The summed E-state index contributed by atoms with van der Waals surface area (Å²) < 4.78 is 11.6. The van der Waals surface area contributed by atoms with Gasteiger partial charge in [0.05, 0.1) is 30.9 Å². The molecule has 2 aromatic rings. The van der Waals surface area contributed by atoms with Crippen molar-refractivity contribution in [2.24, 2.45) is 0 Å². The van der Waals surface area contributed by atoms with Gasteiger partial charge in [0.15, 0.2) is 5.78 Å². The van der Waals surface area contributed by atoms with Crippen molar-refractivity contribution in [1.29, 1.82) is 5.41 Å². The van der Waals surface area contributed by atoms with Gasteiger partial charge in [-0.3, -0.25) is 19.8 Å². The van der Waals surface area contributed by atoms with Gasteiger partial charge in [0, 0.05) is 30.3 Å². The zero-order valence-corrected chi connectivity index (χ0v) is 22.4. The van der Waals surface area contributed by atoms with Crippen LogP contribution in [0.15, 0.2) is 24.3 Å². The first kappa shape index (κ1) is 27.0. The monoisotopic (exact) mass is 522 g/mol. The number of carbonyl (C=O) groups excluding carboxylic acids is 2. The summed E-state index contributed by atoms with van der Waals surface area (Å²) in [6.07, 6.45) is 0. The Kier molecular flexibility index (Phi) is 7.35. The quantitative estimate of drug-likeness (QED) is 0.451. The van der Waals surface area contributed by atoms with E-state index in [1.165, 1.54) is 7.05 Å². The van der Waals surface area contributed by atoms with Crippen molar-refractivity contribution in [2.45, 2.75) is 39.7 Å². The molecule has 0 atom stereocenters. The number of benzene rings is 2. The number of amidine groups is 1. The topological polar surface area (TPSA) is 132 Å². The van der Waals surface area contributed by atoms with Gasteiger partial charge in [-0.05, 0) is 42.2 Å². The van der Waals surface area contributed by atoms with Gasteiger partial charge >= 0.3 is 5.97 Å². The fourth-order valence-corrected chi connectivity index (χ4v) is 4.84. The number of amides is 1. The second kappa shape index (κ2) is 10.4. The van der Waals surface area contributed by atoms with Gasteiger partial charge in [0.1, 0.15) is 30.5 Å². The highest BCUT2D eigenvalue weighted by Gasteiger charge is 2.32. The smallest absolute Gasteiger partial charge is 0.323 e. The number of fused-ring (bicyclic) bond motifs is 2. The number of Topliss-reactive ketones (excluding diaryl/α,β-unsaturated/α-hetero) is 1. The third kappa shape index (κ3) is 5.16. The largest absolute Gasteiger partial charge is 0.493 e. The Hall–Kier alpha value is -4.08. The maximum atomic E-state index is 13.6. The fraction of sp³-hybridized carbons (Fsp3) is 0.429. The van der Waals surface area contributed by atoms with Crippen LogP contribution in [-0.2, 0) is 16.8 Å². The second-order valence-electron chi connectivity index (χ2n) is 10.4. The van der Waals surface area contributed by atoms with Gasteiger partial charge in [-0.25, -0.2) is 0 Å². The molecule has 3 N–H and O–H groups in total. The summed E-state index contributed by atoms with van der Waals surface area (Å²) in [7, 11) is 1.54.